The van der Waals surface area contributed by atoms with E-state index in [0.29, 0.717) is 10.0 Å². The fraction of sp³-hybridized carbons (Fsp3) is 0. The van der Waals surface area contributed by atoms with Crippen molar-refractivity contribution in [2.75, 3.05) is 0 Å². The molecule has 8 heteroatoms. The van der Waals surface area contributed by atoms with Gasteiger partial charge in [-0.15, -0.1) is 5.10 Å². The lowest BCUT2D eigenvalue weighted by molar-refractivity contribution is -0.384. The number of nitrogens with zero attached hydrogens (tertiary/aromatic N) is 3. The maximum Gasteiger partial charge on any atom is 0.270 e. The first-order chi connectivity index (χ1) is 7.50. The topological polar surface area (TPSA) is 120 Å². The van der Waals surface area contributed by atoms with E-state index in [0.717, 1.165) is 0 Å². The molecule has 0 spiro atoms. The summed E-state index contributed by atoms with van der Waals surface area (Å²) in [4.78, 5) is 9.98. The summed E-state index contributed by atoms with van der Waals surface area (Å²) in [5, 5.41) is 17.5. The van der Waals surface area contributed by atoms with Gasteiger partial charge in [0, 0.05) is 22.2 Å². The normalized spacial score (nSPS) is 10.3. The number of nitrogens with two attached hydrogens (primary N) is 2. The Bertz CT molecular complexity index is 467. The van der Waals surface area contributed by atoms with E-state index in [9.17, 15) is 10.1 Å². The quantitative estimate of drug-likeness (QED) is 0.372. The standard InChI is InChI=1S/C8H8BrN5O2/c9-7-3-6(14(15)16)2-1-5(7)4-12-13-8(10)11/h1-4H,(H4,10,11,13)/b12-4+. The lowest BCUT2D eigenvalue weighted by Crippen LogP contribution is -2.21. The highest BCUT2D eigenvalue weighted by Crippen LogP contribution is 2.21. The average Bonchev–Trinajstić information content (AvgIpc) is 2.19. The maximum atomic E-state index is 10.5. The molecule has 1 aromatic rings. The van der Waals surface area contributed by atoms with Crippen molar-refractivity contribution in [2.45, 2.75) is 0 Å². The number of rotatable bonds is 3. The third kappa shape index (κ3) is 3.31. The van der Waals surface area contributed by atoms with Crippen LogP contribution in [0.1, 0.15) is 5.56 Å². The number of nitro groups is 1. The molecule has 0 atom stereocenters. The lowest BCUT2D eigenvalue weighted by Gasteiger charge is -1.96. The predicted molar refractivity (Wildman–Crippen MR) is 64.2 cm³/mol. The molecule has 0 aliphatic heterocycles. The summed E-state index contributed by atoms with van der Waals surface area (Å²) in [6, 6.07) is 4.27. The van der Waals surface area contributed by atoms with Crippen LogP contribution in [0.5, 0.6) is 0 Å². The van der Waals surface area contributed by atoms with Crippen molar-refractivity contribution < 1.29 is 4.92 Å². The number of non-ortho nitro benzene ring substituents is 1. The molecule has 7 nitrogen and oxygen atoms in total. The van der Waals surface area contributed by atoms with Crippen molar-refractivity contribution in [3.05, 3.63) is 38.3 Å². The molecule has 0 aliphatic rings. The SMILES string of the molecule is NC(N)=N/N=C/c1ccc([N+](=O)[O-])cc1Br. The molecule has 0 bridgehead atoms. The van der Waals surface area contributed by atoms with Crippen molar-refractivity contribution in [1.29, 1.82) is 0 Å². The first kappa shape index (κ1) is 12.1. The monoisotopic (exact) mass is 285 g/mol. The lowest BCUT2D eigenvalue weighted by atomic mass is 10.2. The summed E-state index contributed by atoms with van der Waals surface area (Å²) in [5.74, 6) is -0.158. The van der Waals surface area contributed by atoms with Gasteiger partial charge in [-0.3, -0.25) is 10.1 Å². The van der Waals surface area contributed by atoms with Gasteiger partial charge in [0.1, 0.15) is 0 Å². The molecule has 84 valence electrons. The number of benzene rings is 1. The molecule has 0 radical (unpaired) electrons. The van der Waals surface area contributed by atoms with Gasteiger partial charge in [0.15, 0.2) is 0 Å². The van der Waals surface area contributed by atoms with Crippen LogP contribution in [0, 0.1) is 10.1 Å². The van der Waals surface area contributed by atoms with Gasteiger partial charge in [0.05, 0.1) is 11.1 Å². The van der Waals surface area contributed by atoms with Crippen molar-refractivity contribution in [3.8, 4) is 0 Å². The van der Waals surface area contributed by atoms with Gasteiger partial charge in [-0.05, 0) is 22.0 Å². The Labute approximate surface area is 99.1 Å². The molecule has 0 aromatic heterocycles. The number of hydrogen-bond acceptors (Lipinski definition) is 4. The molecule has 0 saturated heterocycles. The molecule has 0 heterocycles. The van der Waals surface area contributed by atoms with E-state index < -0.39 is 4.92 Å². The first-order valence-electron chi connectivity index (χ1n) is 4.06. The van der Waals surface area contributed by atoms with Crippen LogP contribution < -0.4 is 11.5 Å². The fourth-order valence-corrected chi connectivity index (χ4v) is 1.36. The van der Waals surface area contributed by atoms with Gasteiger partial charge in [-0.1, -0.05) is 0 Å². The van der Waals surface area contributed by atoms with Crippen LogP contribution in [0.3, 0.4) is 0 Å². The van der Waals surface area contributed by atoms with Crippen LogP contribution in [0.4, 0.5) is 5.69 Å². The molecule has 1 rings (SSSR count). The van der Waals surface area contributed by atoms with Crippen LogP contribution in [0.2, 0.25) is 0 Å². The Hall–Kier alpha value is -1.96. The first-order valence-corrected chi connectivity index (χ1v) is 4.86. The zero-order chi connectivity index (χ0) is 12.1. The van der Waals surface area contributed by atoms with E-state index in [1.165, 1.54) is 24.4 Å². The highest BCUT2D eigenvalue weighted by atomic mass is 79.9. The summed E-state index contributed by atoms with van der Waals surface area (Å²) < 4.78 is 0.538. The number of nitro benzene ring substituents is 1. The van der Waals surface area contributed by atoms with Gasteiger partial charge >= 0.3 is 0 Å². The Balaban J connectivity index is 2.96. The van der Waals surface area contributed by atoms with Gasteiger partial charge in [-0.25, -0.2) is 0 Å². The van der Waals surface area contributed by atoms with E-state index in [1.54, 1.807) is 0 Å². The van der Waals surface area contributed by atoms with Crippen molar-refractivity contribution in [2.24, 2.45) is 21.7 Å². The van der Waals surface area contributed by atoms with Gasteiger partial charge in [0.25, 0.3) is 5.69 Å². The number of halogens is 1. The highest BCUT2D eigenvalue weighted by Gasteiger charge is 2.07. The van der Waals surface area contributed by atoms with E-state index in [1.807, 2.05) is 0 Å². The minimum atomic E-state index is -0.484. The summed E-state index contributed by atoms with van der Waals surface area (Å²) in [6.07, 6.45) is 1.38. The second kappa shape index (κ2) is 5.21. The second-order valence-corrected chi connectivity index (χ2v) is 3.59. The van der Waals surface area contributed by atoms with Gasteiger partial charge in [-0.2, -0.15) is 5.10 Å². The zero-order valence-corrected chi connectivity index (χ0v) is 9.59. The third-order valence-electron chi connectivity index (χ3n) is 1.56. The van der Waals surface area contributed by atoms with Crippen LogP contribution in [0.25, 0.3) is 0 Å². The zero-order valence-electron chi connectivity index (χ0n) is 8.00. The summed E-state index contributed by atoms with van der Waals surface area (Å²) in [7, 11) is 0. The maximum absolute atomic E-state index is 10.5. The Morgan fingerprint density at radius 1 is 1.50 bits per heavy atom. The summed E-state index contributed by atoms with van der Waals surface area (Å²) in [5.41, 5.74) is 10.8. The Morgan fingerprint density at radius 2 is 2.19 bits per heavy atom. The molecule has 0 aliphatic carbocycles. The average molecular weight is 286 g/mol. The van der Waals surface area contributed by atoms with Crippen LogP contribution >= 0.6 is 15.9 Å². The molecule has 0 unspecified atom stereocenters. The van der Waals surface area contributed by atoms with E-state index in [4.69, 9.17) is 11.5 Å². The second-order valence-electron chi connectivity index (χ2n) is 2.73. The molecule has 0 saturated carbocycles. The molecule has 16 heavy (non-hydrogen) atoms. The van der Waals surface area contributed by atoms with E-state index in [-0.39, 0.29) is 11.6 Å². The van der Waals surface area contributed by atoms with E-state index in [2.05, 4.69) is 26.1 Å². The highest BCUT2D eigenvalue weighted by molar-refractivity contribution is 9.10. The third-order valence-corrected chi connectivity index (χ3v) is 2.25. The number of guanidine groups is 1. The number of hydrogen-bond donors (Lipinski definition) is 2. The van der Waals surface area contributed by atoms with Gasteiger partial charge in [0.2, 0.25) is 5.96 Å². The molecular formula is C8H8BrN5O2. The molecule has 4 N–H and O–H groups in total. The molecule has 0 amide bonds. The molecule has 0 fully saturated rings. The van der Waals surface area contributed by atoms with Crippen LogP contribution in [-0.4, -0.2) is 17.1 Å². The summed E-state index contributed by atoms with van der Waals surface area (Å²) >= 11 is 3.18. The predicted octanol–water partition coefficient (Wildman–Crippen LogP) is 0.965. The van der Waals surface area contributed by atoms with E-state index >= 15 is 0 Å². The minimum absolute atomic E-state index is 0.00846. The molecular weight excluding hydrogens is 278 g/mol. The van der Waals surface area contributed by atoms with Crippen LogP contribution in [0.15, 0.2) is 32.9 Å². The summed E-state index contributed by atoms with van der Waals surface area (Å²) in [6.45, 7) is 0. The Morgan fingerprint density at radius 3 is 2.69 bits per heavy atom. The van der Waals surface area contributed by atoms with Crippen molar-refractivity contribution >= 4 is 33.8 Å². The van der Waals surface area contributed by atoms with Gasteiger partial charge < -0.3 is 11.5 Å². The Kier molecular flexibility index (Phi) is 3.95. The van der Waals surface area contributed by atoms with Crippen LogP contribution in [-0.2, 0) is 0 Å². The minimum Gasteiger partial charge on any atom is -0.369 e. The van der Waals surface area contributed by atoms with Crippen molar-refractivity contribution in [3.63, 3.8) is 0 Å². The molecule has 1 aromatic carbocycles. The smallest absolute Gasteiger partial charge is 0.270 e. The fourth-order valence-electron chi connectivity index (χ4n) is 0.892. The largest absolute Gasteiger partial charge is 0.369 e. The van der Waals surface area contributed by atoms with Crippen molar-refractivity contribution in [1.82, 2.24) is 0 Å².